The van der Waals surface area contributed by atoms with Gasteiger partial charge in [-0.25, -0.2) is 0 Å². The summed E-state index contributed by atoms with van der Waals surface area (Å²) in [4.78, 5) is 14.2. The summed E-state index contributed by atoms with van der Waals surface area (Å²) in [5.74, 6) is 0.162. The summed E-state index contributed by atoms with van der Waals surface area (Å²) in [6.45, 7) is 3.76. The Balaban J connectivity index is 2.45. The molecule has 0 aromatic heterocycles. The number of rotatable bonds is 1. The molecule has 0 radical (unpaired) electrons. The molecule has 3 nitrogen and oxygen atoms in total. The van der Waals surface area contributed by atoms with Crippen LogP contribution in [0, 0.1) is 7.05 Å². The molecule has 0 aromatic rings. The van der Waals surface area contributed by atoms with Crippen LogP contribution in [0.25, 0.3) is 0 Å². The highest BCUT2D eigenvalue weighted by atomic mass is 16.2. The quantitative estimate of drug-likeness (QED) is 0.517. The second-order valence-corrected chi connectivity index (χ2v) is 3.63. The Hall–Kier alpha value is -0.570. The molecule has 70 valence electrons. The number of nitrogens with zero attached hydrogens (tertiary/aromatic N) is 1. The highest BCUT2D eigenvalue weighted by Crippen LogP contribution is 2.05. The lowest BCUT2D eigenvalue weighted by Gasteiger charge is -2.36. The van der Waals surface area contributed by atoms with Crippen molar-refractivity contribution in [3.63, 3.8) is 0 Å². The fraction of sp³-hybridized carbons (Fsp3) is 0.778. The van der Waals surface area contributed by atoms with Crippen LogP contribution in [0.4, 0.5) is 0 Å². The van der Waals surface area contributed by atoms with Crippen LogP contribution < -0.4 is 4.90 Å². The lowest BCUT2D eigenvalue weighted by molar-refractivity contribution is -0.861. The van der Waals surface area contributed by atoms with Gasteiger partial charge in [-0.1, -0.05) is 0 Å². The number of hydrogen-bond donors (Lipinski definition) is 1. The Bertz CT molecular complexity index is 170. The molecule has 0 aliphatic carbocycles. The molecule has 12 heavy (non-hydrogen) atoms. The molecule has 2 atom stereocenters. The molecule has 0 spiro atoms. The van der Waals surface area contributed by atoms with Crippen LogP contribution in [0.3, 0.4) is 0 Å². The summed E-state index contributed by atoms with van der Waals surface area (Å²) in [5, 5.41) is 0. The first-order valence-electron chi connectivity index (χ1n) is 4.51. The minimum absolute atomic E-state index is 0.162. The van der Waals surface area contributed by atoms with Gasteiger partial charge < -0.3 is 9.80 Å². The molecule has 3 heteroatoms. The number of likely N-dealkylation sites (N-methyl/N-ethyl adjacent to an activating group) is 1. The predicted molar refractivity (Wildman–Crippen MR) is 47.5 cm³/mol. The second kappa shape index (κ2) is 3.90. The first kappa shape index (κ1) is 9.52. The molecule has 2 unspecified atom stereocenters. The summed E-state index contributed by atoms with van der Waals surface area (Å²) in [6, 6.07) is 0.406. The molecule has 1 heterocycles. The van der Waals surface area contributed by atoms with Gasteiger partial charge in [-0.2, -0.15) is 7.05 Å². The molecule has 1 aliphatic rings. The van der Waals surface area contributed by atoms with Crippen LogP contribution in [0.2, 0.25) is 0 Å². The van der Waals surface area contributed by atoms with Crippen LogP contribution in [0.5, 0.6) is 0 Å². The predicted octanol–water partition coefficient (Wildman–Crippen LogP) is -0.696. The Morgan fingerprint density at radius 2 is 2.33 bits per heavy atom. The lowest BCUT2D eigenvalue weighted by Crippen LogP contribution is -3.09. The van der Waals surface area contributed by atoms with E-state index in [4.69, 9.17) is 0 Å². The Kier molecular flexibility index (Phi) is 3.09. The molecular formula is C9H18N2O. The number of quaternary nitrogens is 1. The minimum atomic E-state index is 0.162. The number of carbonyl (C=O) groups is 1. The maximum absolute atomic E-state index is 11.0. The molecule has 0 saturated carbocycles. The highest BCUT2D eigenvalue weighted by Gasteiger charge is 2.22. The third-order valence-electron chi connectivity index (χ3n) is 2.64. The Morgan fingerprint density at radius 3 is 2.83 bits per heavy atom. The third kappa shape index (κ3) is 2.21. The van der Waals surface area contributed by atoms with E-state index in [9.17, 15) is 4.79 Å². The summed E-state index contributed by atoms with van der Waals surface area (Å²) < 4.78 is 0. The normalized spacial score (nSPS) is 29.9. The number of likely N-dealkylation sites (tertiary alicyclic amines) is 1. The molecule has 0 aromatic carbocycles. The average Bonchev–Trinajstić information content (AvgIpc) is 2.03. The first-order chi connectivity index (χ1) is 5.61. The molecule has 1 amide bonds. The maximum atomic E-state index is 11.0. The van der Waals surface area contributed by atoms with Gasteiger partial charge in [-0.05, 0) is 12.8 Å². The van der Waals surface area contributed by atoms with E-state index in [0.717, 1.165) is 19.5 Å². The number of carbonyl (C=O) groups excluding carboxylic acids is 1. The van der Waals surface area contributed by atoms with Crippen molar-refractivity contribution in [1.29, 1.82) is 0 Å². The SMILES string of the molecule is [CH2-][NH+]1CCCC(N(C)C(C)=O)C1. The van der Waals surface area contributed by atoms with E-state index >= 15 is 0 Å². The summed E-state index contributed by atoms with van der Waals surface area (Å²) >= 11 is 0. The first-order valence-corrected chi connectivity index (χ1v) is 4.51. The second-order valence-electron chi connectivity index (χ2n) is 3.63. The molecule has 1 fully saturated rings. The number of nitrogens with one attached hydrogen (secondary N) is 1. The van der Waals surface area contributed by atoms with E-state index in [-0.39, 0.29) is 5.91 Å². The molecular weight excluding hydrogens is 152 g/mol. The molecule has 1 rings (SSSR count). The van der Waals surface area contributed by atoms with Gasteiger partial charge in [0.25, 0.3) is 0 Å². The monoisotopic (exact) mass is 170 g/mol. The number of amides is 1. The Labute approximate surface area is 74.3 Å². The van der Waals surface area contributed by atoms with Crippen molar-refractivity contribution in [2.45, 2.75) is 25.8 Å². The summed E-state index contributed by atoms with van der Waals surface area (Å²) in [7, 11) is 5.85. The van der Waals surface area contributed by atoms with E-state index in [1.165, 1.54) is 11.3 Å². The van der Waals surface area contributed by atoms with Crippen molar-refractivity contribution in [3.8, 4) is 0 Å². The standard InChI is InChI=1S/C9H18N2O/c1-8(12)11(3)9-5-4-6-10(2)7-9/h9-10H,2,4-7H2,1,3H3. The van der Waals surface area contributed by atoms with Crippen molar-refractivity contribution in [3.05, 3.63) is 7.05 Å². The zero-order chi connectivity index (χ0) is 9.14. The van der Waals surface area contributed by atoms with E-state index in [0.29, 0.717) is 6.04 Å². The largest absolute Gasteiger partial charge is 0.466 e. The van der Waals surface area contributed by atoms with Gasteiger partial charge in [-0.15, -0.1) is 0 Å². The van der Waals surface area contributed by atoms with E-state index in [1.807, 2.05) is 11.9 Å². The average molecular weight is 170 g/mol. The third-order valence-corrected chi connectivity index (χ3v) is 2.64. The van der Waals surface area contributed by atoms with Crippen molar-refractivity contribution >= 4 is 5.91 Å². The summed E-state index contributed by atoms with van der Waals surface area (Å²) in [6.07, 6.45) is 2.32. The van der Waals surface area contributed by atoms with E-state index in [2.05, 4.69) is 7.05 Å². The van der Waals surface area contributed by atoms with Gasteiger partial charge >= 0.3 is 0 Å². The smallest absolute Gasteiger partial charge is 0.219 e. The van der Waals surface area contributed by atoms with Crippen LogP contribution in [-0.2, 0) is 4.79 Å². The summed E-state index contributed by atoms with van der Waals surface area (Å²) in [5.41, 5.74) is 0. The zero-order valence-corrected chi connectivity index (χ0v) is 7.97. The van der Waals surface area contributed by atoms with Gasteiger partial charge in [0.1, 0.15) is 0 Å². The van der Waals surface area contributed by atoms with Crippen LogP contribution in [0.1, 0.15) is 19.8 Å². The van der Waals surface area contributed by atoms with Gasteiger partial charge in [0.2, 0.25) is 5.91 Å². The lowest BCUT2D eigenvalue weighted by atomic mass is 10.1. The maximum Gasteiger partial charge on any atom is 0.219 e. The molecule has 1 saturated heterocycles. The van der Waals surface area contributed by atoms with Crippen LogP contribution in [0.15, 0.2) is 0 Å². The molecule has 0 bridgehead atoms. The van der Waals surface area contributed by atoms with Gasteiger partial charge in [0, 0.05) is 14.0 Å². The van der Waals surface area contributed by atoms with E-state index < -0.39 is 0 Å². The zero-order valence-electron chi connectivity index (χ0n) is 7.97. The van der Waals surface area contributed by atoms with Crippen molar-refractivity contribution < 1.29 is 9.69 Å². The van der Waals surface area contributed by atoms with Crippen molar-refractivity contribution in [2.75, 3.05) is 20.1 Å². The number of piperidine rings is 1. The number of hydrogen-bond acceptors (Lipinski definition) is 1. The molecule has 1 aliphatic heterocycles. The van der Waals surface area contributed by atoms with Gasteiger partial charge in [0.05, 0.1) is 19.1 Å². The van der Waals surface area contributed by atoms with Crippen molar-refractivity contribution in [1.82, 2.24) is 4.90 Å². The molecule has 1 N–H and O–H groups in total. The minimum Gasteiger partial charge on any atom is -0.466 e. The fourth-order valence-corrected chi connectivity index (χ4v) is 1.71. The van der Waals surface area contributed by atoms with E-state index in [1.54, 1.807) is 6.92 Å². The van der Waals surface area contributed by atoms with Crippen molar-refractivity contribution in [2.24, 2.45) is 0 Å². The fourth-order valence-electron chi connectivity index (χ4n) is 1.71. The van der Waals surface area contributed by atoms with Gasteiger partial charge in [0.15, 0.2) is 0 Å². The van der Waals surface area contributed by atoms with Crippen LogP contribution in [-0.4, -0.2) is 37.0 Å². The topological polar surface area (TPSA) is 24.8 Å². The Morgan fingerprint density at radius 1 is 1.67 bits per heavy atom. The highest BCUT2D eigenvalue weighted by molar-refractivity contribution is 5.73. The van der Waals surface area contributed by atoms with Gasteiger partial charge in [-0.3, -0.25) is 4.79 Å². The van der Waals surface area contributed by atoms with Crippen LogP contribution >= 0.6 is 0 Å².